The minimum atomic E-state index is -0.0999. The van der Waals surface area contributed by atoms with Gasteiger partial charge < -0.3 is 10.3 Å². The molecule has 2 N–H and O–H groups in total. The normalized spacial score (nSPS) is 12.1. The molecule has 3 aromatic rings. The molecule has 1 amide bonds. The minimum Gasteiger partial charge on any atom is -0.366 e. The number of hydrogen-bond donors (Lipinski definition) is 2. The number of amides is 1. The van der Waals surface area contributed by atoms with Gasteiger partial charge in [-0.1, -0.05) is 41.9 Å². The van der Waals surface area contributed by atoms with E-state index in [0.29, 0.717) is 9.90 Å². The second kappa shape index (κ2) is 6.38. The summed E-state index contributed by atoms with van der Waals surface area (Å²) in [6.45, 7) is 1.97. The molecule has 112 valence electrons. The molecule has 22 heavy (non-hydrogen) atoms. The maximum absolute atomic E-state index is 12.5. The summed E-state index contributed by atoms with van der Waals surface area (Å²) in [6.07, 6.45) is 3.54. The van der Waals surface area contributed by atoms with E-state index in [4.69, 9.17) is 11.6 Å². The fraction of sp³-hybridized carbons (Fsp3) is 0.118. The second-order valence-corrected chi connectivity index (χ2v) is 6.71. The number of thiophene rings is 1. The van der Waals surface area contributed by atoms with Gasteiger partial charge in [-0.25, -0.2) is 0 Å². The highest BCUT2D eigenvalue weighted by Crippen LogP contribution is 2.33. The molecule has 3 rings (SSSR count). The van der Waals surface area contributed by atoms with Crippen LogP contribution in [0, 0.1) is 0 Å². The van der Waals surface area contributed by atoms with E-state index < -0.39 is 0 Å². The number of rotatable bonds is 4. The molecular formula is C17H15ClN2OS. The van der Waals surface area contributed by atoms with Gasteiger partial charge in [0, 0.05) is 22.8 Å². The average molecular weight is 331 g/mol. The van der Waals surface area contributed by atoms with Crippen LogP contribution in [0.1, 0.15) is 28.9 Å². The van der Waals surface area contributed by atoms with Gasteiger partial charge in [-0.05, 0) is 24.6 Å². The highest BCUT2D eigenvalue weighted by molar-refractivity contribution is 7.19. The quantitative estimate of drug-likeness (QED) is 0.703. The average Bonchev–Trinajstić information content (AvgIpc) is 3.16. The summed E-state index contributed by atoms with van der Waals surface area (Å²) in [5.41, 5.74) is 2.57. The lowest BCUT2D eigenvalue weighted by atomic mass is 10.1. The zero-order valence-corrected chi connectivity index (χ0v) is 13.5. The second-order valence-electron chi connectivity index (χ2n) is 4.99. The van der Waals surface area contributed by atoms with E-state index in [9.17, 15) is 4.79 Å². The van der Waals surface area contributed by atoms with Gasteiger partial charge in [-0.2, -0.15) is 0 Å². The van der Waals surface area contributed by atoms with Gasteiger partial charge in [-0.15, -0.1) is 11.3 Å². The van der Waals surface area contributed by atoms with Gasteiger partial charge in [0.15, 0.2) is 0 Å². The lowest BCUT2D eigenvalue weighted by molar-refractivity contribution is 0.0940. The highest BCUT2D eigenvalue weighted by Gasteiger charge is 2.17. The number of carbonyl (C=O) groups is 1. The molecule has 0 fully saturated rings. The van der Waals surface area contributed by atoms with Crippen molar-refractivity contribution in [3.8, 4) is 10.4 Å². The molecule has 0 saturated carbocycles. The predicted octanol–water partition coefficient (Wildman–Crippen LogP) is 4.89. The SMILES string of the molecule is C[C@@H](NC(=O)c1c[nH]cc1-c1ccc(Cl)s1)c1ccccc1. The van der Waals surface area contributed by atoms with E-state index in [2.05, 4.69) is 10.3 Å². The molecule has 1 atom stereocenters. The fourth-order valence-electron chi connectivity index (χ4n) is 2.31. The first kappa shape index (κ1) is 14.9. The first-order valence-electron chi connectivity index (χ1n) is 6.93. The van der Waals surface area contributed by atoms with Crippen LogP contribution in [-0.2, 0) is 0 Å². The fourth-order valence-corrected chi connectivity index (χ4v) is 3.39. The third kappa shape index (κ3) is 3.08. The van der Waals surface area contributed by atoms with Crippen LogP contribution in [0.5, 0.6) is 0 Å². The van der Waals surface area contributed by atoms with Crippen LogP contribution in [0.15, 0.2) is 54.9 Å². The van der Waals surface area contributed by atoms with Crippen LogP contribution in [0.2, 0.25) is 4.34 Å². The number of halogens is 1. The summed E-state index contributed by atoms with van der Waals surface area (Å²) in [4.78, 5) is 16.5. The molecule has 0 radical (unpaired) electrons. The molecule has 5 heteroatoms. The first-order chi connectivity index (χ1) is 10.6. The summed E-state index contributed by atoms with van der Waals surface area (Å²) in [5.74, 6) is -0.0999. The Kier molecular flexibility index (Phi) is 4.32. The van der Waals surface area contributed by atoms with E-state index in [1.54, 1.807) is 6.20 Å². The Bertz CT molecular complexity index is 779. The summed E-state index contributed by atoms with van der Waals surface area (Å²) in [5, 5.41) is 3.03. The summed E-state index contributed by atoms with van der Waals surface area (Å²) in [7, 11) is 0. The van der Waals surface area contributed by atoms with Crippen molar-refractivity contribution in [1.29, 1.82) is 0 Å². The molecular weight excluding hydrogens is 316 g/mol. The molecule has 2 aromatic heterocycles. The maximum Gasteiger partial charge on any atom is 0.253 e. The summed E-state index contributed by atoms with van der Waals surface area (Å²) in [6, 6.07) is 13.6. The zero-order chi connectivity index (χ0) is 15.5. The molecule has 3 nitrogen and oxygen atoms in total. The van der Waals surface area contributed by atoms with Crippen LogP contribution in [-0.4, -0.2) is 10.9 Å². The van der Waals surface area contributed by atoms with E-state index in [0.717, 1.165) is 16.0 Å². The van der Waals surface area contributed by atoms with E-state index in [1.165, 1.54) is 11.3 Å². The van der Waals surface area contributed by atoms with E-state index in [1.807, 2.05) is 55.6 Å². The minimum absolute atomic E-state index is 0.0524. The van der Waals surface area contributed by atoms with Gasteiger partial charge in [-0.3, -0.25) is 4.79 Å². The Balaban J connectivity index is 1.80. The van der Waals surface area contributed by atoms with Crippen LogP contribution >= 0.6 is 22.9 Å². The molecule has 0 aliphatic rings. The number of benzene rings is 1. The first-order valence-corrected chi connectivity index (χ1v) is 8.13. The Morgan fingerprint density at radius 2 is 1.95 bits per heavy atom. The van der Waals surface area contributed by atoms with Crippen LogP contribution in [0.3, 0.4) is 0 Å². The number of nitrogens with one attached hydrogen (secondary N) is 2. The van der Waals surface area contributed by atoms with Crippen molar-refractivity contribution in [2.24, 2.45) is 0 Å². The van der Waals surface area contributed by atoms with Gasteiger partial charge in [0.1, 0.15) is 0 Å². The standard InChI is InChI=1S/C17H15ClN2OS/c1-11(12-5-3-2-4-6-12)20-17(21)14-10-19-9-13(14)15-7-8-16(18)22-15/h2-11,19H,1H3,(H,20,21)/t11-/m1/s1. The van der Waals surface area contributed by atoms with Crippen molar-refractivity contribution in [2.75, 3.05) is 0 Å². The van der Waals surface area contributed by atoms with Gasteiger partial charge in [0.25, 0.3) is 5.91 Å². The number of carbonyl (C=O) groups excluding carboxylic acids is 1. The van der Waals surface area contributed by atoms with Crippen molar-refractivity contribution >= 4 is 28.8 Å². The summed E-state index contributed by atoms with van der Waals surface area (Å²) >= 11 is 7.44. The zero-order valence-electron chi connectivity index (χ0n) is 12.0. The van der Waals surface area contributed by atoms with Crippen molar-refractivity contribution in [1.82, 2.24) is 10.3 Å². The van der Waals surface area contributed by atoms with Crippen LogP contribution in [0.4, 0.5) is 0 Å². The third-order valence-corrected chi connectivity index (χ3v) is 4.74. The number of H-pyrrole nitrogens is 1. The molecule has 0 aliphatic heterocycles. The third-order valence-electron chi connectivity index (χ3n) is 3.48. The van der Waals surface area contributed by atoms with Crippen molar-refractivity contribution < 1.29 is 4.79 Å². The molecule has 1 aromatic carbocycles. The highest BCUT2D eigenvalue weighted by atomic mass is 35.5. The largest absolute Gasteiger partial charge is 0.366 e. The van der Waals surface area contributed by atoms with Gasteiger partial charge in [0.2, 0.25) is 0 Å². The lowest BCUT2D eigenvalue weighted by Gasteiger charge is -2.14. The molecule has 0 aliphatic carbocycles. The molecule has 0 spiro atoms. The Labute approximate surface area is 138 Å². The smallest absolute Gasteiger partial charge is 0.253 e. The van der Waals surface area contributed by atoms with Gasteiger partial charge >= 0.3 is 0 Å². The number of hydrogen-bond acceptors (Lipinski definition) is 2. The van der Waals surface area contributed by atoms with Crippen LogP contribution in [0.25, 0.3) is 10.4 Å². The van der Waals surface area contributed by atoms with E-state index >= 15 is 0 Å². The number of aromatic nitrogens is 1. The monoisotopic (exact) mass is 330 g/mol. The molecule has 0 bridgehead atoms. The van der Waals surface area contributed by atoms with Crippen LogP contribution < -0.4 is 5.32 Å². The molecule has 0 saturated heterocycles. The molecule has 0 unspecified atom stereocenters. The topological polar surface area (TPSA) is 44.9 Å². The van der Waals surface area contributed by atoms with Crippen molar-refractivity contribution in [2.45, 2.75) is 13.0 Å². The van der Waals surface area contributed by atoms with Crippen molar-refractivity contribution in [3.63, 3.8) is 0 Å². The Hall–Kier alpha value is -2.04. The Morgan fingerprint density at radius 1 is 1.18 bits per heavy atom. The van der Waals surface area contributed by atoms with Gasteiger partial charge in [0.05, 0.1) is 15.9 Å². The maximum atomic E-state index is 12.5. The lowest BCUT2D eigenvalue weighted by Crippen LogP contribution is -2.26. The number of aromatic amines is 1. The Morgan fingerprint density at radius 3 is 2.64 bits per heavy atom. The van der Waals surface area contributed by atoms with Crippen molar-refractivity contribution in [3.05, 3.63) is 70.3 Å². The summed E-state index contributed by atoms with van der Waals surface area (Å²) < 4.78 is 0.709. The predicted molar refractivity (Wildman–Crippen MR) is 91.4 cm³/mol. The molecule has 2 heterocycles. The van der Waals surface area contributed by atoms with E-state index in [-0.39, 0.29) is 11.9 Å².